The number of hydrogen-bond donors (Lipinski definition) is 1. The average molecular weight is 321 g/mol. The fourth-order valence-corrected chi connectivity index (χ4v) is 2.83. The molecule has 0 fully saturated rings. The van der Waals surface area contributed by atoms with Crippen LogP contribution in [0.1, 0.15) is 5.56 Å². The van der Waals surface area contributed by atoms with Crippen LogP contribution in [0.25, 0.3) is 21.9 Å². The number of aryl methyl sites for hydroxylation is 1. The topological polar surface area (TPSA) is 51.4 Å². The molecule has 2 aromatic carbocycles. The van der Waals surface area contributed by atoms with Crippen molar-refractivity contribution in [2.75, 3.05) is 33.0 Å². The SMILES string of the molecule is Cc1cccc2c(OCCN(C)C)ncc(-c3cccc(N)c3)c12. The van der Waals surface area contributed by atoms with Crippen molar-refractivity contribution in [3.63, 3.8) is 0 Å². The molecule has 0 aliphatic carbocycles. The smallest absolute Gasteiger partial charge is 0.221 e. The first-order valence-corrected chi connectivity index (χ1v) is 8.08. The molecular weight excluding hydrogens is 298 g/mol. The Morgan fingerprint density at radius 1 is 1.12 bits per heavy atom. The number of nitrogen functional groups attached to an aromatic ring is 1. The molecule has 0 radical (unpaired) electrons. The molecule has 4 nitrogen and oxygen atoms in total. The summed E-state index contributed by atoms with van der Waals surface area (Å²) < 4.78 is 5.92. The van der Waals surface area contributed by atoms with Gasteiger partial charge in [0.1, 0.15) is 6.61 Å². The Balaban J connectivity index is 2.09. The number of fused-ring (bicyclic) bond motifs is 1. The molecule has 0 saturated carbocycles. The van der Waals surface area contributed by atoms with Gasteiger partial charge in [0.25, 0.3) is 0 Å². The van der Waals surface area contributed by atoms with E-state index in [-0.39, 0.29) is 0 Å². The van der Waals surface area contributed by atoms with Crippen LogP contribution in [0.3, 0.4) is 0 Å². The lowest BCUT2D eigenvalue weighted by atomic mass is 9.97. The third-order valence-electron chi connectivity index (χ3n) is 4.06. The van der Waals surface area contributed by atoms with E-state index in [4.69, 9.17) is 10.5 Å². The minimum absolute atomic E-state index is 0.612. The van der Waals surface area contributed by atoms with Crippen molar-refractivity contribution in [2.45, 2.75) is 6.92 Å². The van der Waals surface area contributed by atoms with Crippen molar-refractivity contribution in [3.8, 4) is 17.0 Å². The van der Waals surface area contributed by atoms with Gasteiger partial charge in [0.2, 0.25) is 5.88 Å². The van der Waals surface area contributed by atoms with Gasteiger partial charge in [-0.2, -0.15) is 0 Å². The molecule has 0 spiro atoms. The van der Waals surface area contributed by atoms with Crippen molar-refractivity contribution in [3.05, 3.63) is 54.2 Å². The molecule has 0 aliphatic rings. The number of ether oxygens (including phenoxy) is 1. The van der Waals surface area contributed by atoms with Gasteiger partial charge in [0.15, 0.2) is 0 Å². The van der Waals surface area contributed by atoms with Crippen LogP contribution < -0.4 is 10.5 Å². The minimum Gasteiger partial charge on any atom is -0.476 e. The van der Waals surface area contributed by atoms with Gasteiger partial charge in [-0.1, -0.05) is 24.3 Å². The summed E-state index contributed by atoms with van der Waals surface area (Å²) >= 11 is 0. The number of rotatable bonds is 5. The van der Waals surface area contributed by atoms with E-state index in [0.717, 1.165) is 34.1 Å². The average Bonchev–Trinajstić information content (AvgIpc) is 2.55. The van der Waals surface area contributed by atoms with E-state index in [2.05, 4.69) is 35.0 Å². The number of aromatic nitrogens is 1. The Morgan fingerprint density at radius 3 is 2.67 bits per heavy atom. The normalized spacial score (nSPS) is 11.2. The van der Waals surface area contributed by atoms with E-state index in [1.54, 1.807) is 0 Å². The molecule has 4 heteroatoms. The second kappa shape index (κ2) is 6.89. The van der Waals surface area contributed by atoms with Gasteiger partial charge in [-0.3, -0.25) is 0 Å². The zero-order valence-electron chi connectivity index (χ0n) is 14.4. The highest BCUT2D eigenvalue weighted by Gasteiger charge is 2.12. The maximum Gasteiger partial charge on any atom is 0.221 e. The van der Waals surface area contributed by atoms with E-state index in [1.165, 1.54) is 5.56 Å². The van der Waals surface area contributed by atoms with E-state index in [9.17, 15) is 0 Å². The first-order chi connectivity index (χ1) is 11.6. The first-order valence-electron chi connectivity index (χ1n) is 8.08. The Bertz CT molecular complexity index is 859. The lowest BCUT2D eigenvalue weighted by molar-refractivity contribution is 0.256. The fraction of sp³-hybridized carbons (Fsp3) is 0.250. The summed E-state index contributed by atoms with van der Waals surface area (Å²) in [5, 5.41) is 2.20. The zero-order valence-corrected chi connectivity index (χ0v) is 14.4. The zero-order chi connectivity index (χ0) is 17.1. The highest BCUT2D eigenvalue weighted by molar-refractivity contribution is 6.01. The van der Waals surface area contributed by atoms with Crippen molar-refractivity contribution >= 4 is 16.5 Å². The molecular formula is C20H23N3O. The summed E-state index contributed by atoms with van der Waals surface area (Å²) in [5.41, 5.74) is 10.1. The third kappa shape index (κ3) is 3.34. The number of anilines is 1. The third-order valence-corrected chi connectivity index (χ3v) is 4.06. The lowest BCUT2D eigenvalue weighted by Gasteiger charge is -2.15. The highest BCUT2D eigenvalue weighted by Crippen LogP contribution is 2.35. The van der Waals surface area contributed by atoms with Crippen LogP contribution >= 0.6 is 0 Å². The molecule has 0 aliphatic heterocycles. The van der Waals surface area contributed by atoms with Gasteiger partial charge < -0.3 is 15.4 Å². The van der Waals surface area contributed by atoms with E-state index < -0.39 is 0 Å². The van der Waals surface area contributed by atoms with E-state index >= 15 is 0 Å². The summed E-state index contributed by atoms with van der Waals surface area (Å²) in [6.07, 6.45) is 1.88. The highest BCUT2D eigenvalue weighted by atomic mass is 16.5. The monoisotopic (exact) mass is 321 g/mol. The van der Waals surface area contributed by atoms with Gasteiger partial charge >= 0.3 is 0 Å². The van der Waals surface area contributed by atoms with Crippen LogP contribution in [0.4, 0.5) is 5.69 Å². The Morgan fingerprint density at radius 2 is 1.92 bits per heavy atom. The molecule has 3 rings (SSSR count). The second-order valence-corrected chi connectivity index (χ2v) is 6.25. The molecule has 0 saturated heterocycles. The number of likely N-dealkylation sites (N-methyl/N-ethyl adjacent to an activating group) is 1. The largest absolute Gasteiger partial charge is 0.476 e. The Hall–Kier alpha value is -2.59. The van der Waals surface area contributed by atoms with Crippen LogP contribution in [0, 0.1) is 6.92 Å². The summed E-state index contributed by atoms with van der Waals surface area (Å²) in [6.45, 7) is 3.58. The molecule has 0 atom stereocenters. The molecule has 2 N–H and O–H groups in total. The van der Waals surface area contributed by atoms with Gasteiger partial charge in [0, 0.05) is 29.4 Å². The summed E-state index contributed by atoms with van der Waals surface area (Å²) in [7, 11) is 4.06. The molecule has 1 heterocycles. The summed E-state index contributed by atoms with van der Waals surface area (Å²) in [6, 6.07) is 14.1. The van der Waals surface area contributed by atoms with Crippen LogP contribution in [-0.2, 0) is 0 Å². The fourth-order valence-electron chi connectivity index (χ4n) is 2.83. The van der Waals surface area contributed by atoms with Crippen molar-refractivity contribution in [1.29, 1.82) is 0 Å². The Kier molecular flexibility index (Phi) is 4.67. The number of nitrogens with two attached hydrogens (primary N) is 1. The predicted octanol–water partition coefficient (Wildman–Crippen LogP) is 3.73. The van der Waals surface area contributed by atoms with Crippen molar-refractivity contribution in [1.82, 2.24) is 9.88 Å². The number of benzene rings is 2. The van der Waals surface area contributed by atoms with Crippen molar-refractivity contribution < 1.29 is 4.74 Å². The summed E-state index contributed by atoms with van der Waals surface area (Å²) in [4.78, 5) is 6.66. The Labute approximate surface area is 142 Å². The summed E-state index contributed by atoms with van der Waals surface area (Å²) in [5.74, 6) is 0.684. The molecule has 3 aromatic rings. The number of nitrogens with zero attached hydrogens (tertiary/aromatic N) is 2. The molecule has 0 amide bonds. The molecule has 24 heavy (non-hydrogen) atoms. The molecule has 1 aromatic heterocycles. The second-order valence-electron chi connectivity index (χ2n) is 6.25. The molecule has 124 valence electrons. The maximum absolute atomic E-state index is 5.95. The van der Waals surface area contributed by atoms with Crippen LogP contribution in [-0.4, -0.2) is 37.1 Å². The van der Waals surface area contributed by atoms with Crippen LogP contribution in [0.15, 0.2) is 48.7 Å². The number of pyridine rings is 1. The number of hydrogen-bond acceptors (Lipinski definition) is 4. The van der Waals surface area contributed by atoms with Gasteiger partial charge in [-0.15, -0.1) is 0 Å². The maximum atomic E-state index is 5.95. The predicted molar refractivity (Wildman–Crippen MR) is 100 cm³/mol. The van der Waals surface area contributed by atoms with Gasteiger partial charge in [-0.25, -0.2) is 4.98 Å². The van der Waals surface area contributed by atoms with Gasteiger partial charge in [-0.05, 0) is 55.7 Å². The van der Waals surface area contributed by atoms with E-state index in [1.807, 2.05) is 44.6 Å². The van der Waals surface area contributed by atoms with Crippen LogP contribution in [0.5, 0.6) is 5.88 Å². The van der Waals surface area contributed by atoms with E-state index in [0.29, 0.717) is 12.5 Å². The first kappa shape index (κ1) is 16.3. The van der Waals surface area contributed by atoms with Gasteiger partial charge in [0.05, 0.1) is 0 Å². The van der Waals surface area contributed by atoms with Crippen LogP contribution in [0.2, 0.25) is 0 Å². The standard InChI is InChI=1S/C20H23N3O/c1-14-6-4-9-17-19(14)18(15-7-5-8-16(21)12-15)13-22-20(17)24-11-10-23(2)3/h4-9,12-13H,10-11,21H2,1-3H3. The molecule has 0 bridgehead atoms. The lowest BCUT2D eigenvalue weighted by Crippen LogP contribution is -2.19. The molecule has 0 unspecified atom stereocenters. The quantitative estimate of drug-likeness (QED) is 0.728. The minimum atomic E-state index is 0.612. The van der Waals surface area contributed by atoms with Crippen molar-refractivity contribution in [2.24, 2.45) is 0 Å².